The second-order valence-corrected chi connectivity index (χ2v) is 7.90. The molecule has 0 aliphatic carbocycles. The van der Waals surface area contributed by atoms with Crippen LogP contribution in [0.4, 0.5) is 11.9 Å². The molecule has 0 amide bonds. The van der Waals surface area contributed by atoms with E-state index in [9.17, 15) is 30.4 Å². The van der Waals surface area contributed by atoms with Crippen molar-refractivity contribution < 1.29 is 20.1 Å². The molecular formula is C18H24N10O6. The van der Waals surface area contributed by atoms with Crippen LogP contribution in [0.1, 0.15) is 6.23 Å². The molecule has 34 heavy (non-hydrogen) atoms. The lowest BCUT2D eigenvalue weighted by molar-refractivity contribution is -0.398. The van der Waals surface area contributed by atoms with Gasteiger partial charge in [-0.15, -0.1) is 0 Å². The Labute approximate surface area is 193 Å². The van der Waals surface area contributed by atoms with Crippen LogP contribution in [0.2, 0.25) is 0 Å². The third kappa shape index (κ3) is 5.24. The number of β-amino-alcohol motifs (C(OH)–C–C–N with tert-alkyl or cyclic N) is 2. The van der Waals surface area contributed by atoms with Crippen molar-refractivity contribution in [2.24, 2.45) is 0 Å². The molecule has 0 spiro atoms. The van der Waals surface area contributed by atoms with Gasteiger partial charge in [-0.05, 0) is 9.85 Å². The highest BCUT2D eigenvalue weighted by atomic mass is 16.6. The van der Waals surface area contributed by atoms with Gasteiger partial charge in [0, 0.05) is 31.3 Å². The van der Waals surface area contributed by atoms with Gasteiger partial charge in [-0.25, -0.2) is 9.13 Å². The van der Waals surface area contributed by atoms with Crippen molar-refractivity contribution in [3.8, 4) is 0 Å². The second kappa shape index (κ2) is 9.75. The predicted molar refractivity (Wildman–Crippen MR) is 115 cm³/mol. The van der Waals surface area contributed by atoms with Crippen molar-refractivity contribution in [2.75, 3.05) is 33.1 Å². The first-order valence-corrected chi connectivity index (χ1v) is 10.3. The lowest BCUT2D eigenvalue weighted by atomic mass is 10.3. The molecule has 0 saturated carbocycles. The number of aromatic nitrogens is 4. The van der Waals surface area contributed by atoms with E-state index in [0.29, 0.717) is 26.6 Å². The maximum atomic E-state index is 11.0. The SMILES string of the molecule is O=[N+]([O-])c1nccn1CC(O)CN1C=CN(CN2C=CN(CC(O)n3ccnc3[N+](=O)[O-])C2)C1. The number of aliphatic hydroxyl groups excluding tert-OH is 2. The van der Waals surface area contributed by atoms with E-state index < -0.39 is 28.1 Å². The lowest BCUT2D eigenvalue weighted by Crippen LogP contribution is -2.38. The maximum Gasteiger partial charge on any atom is 0.436 e. The Morgan fingerprint density at radius 2 is 1.38 bits per heavy atom. The maximum absolute atomic E-state index is 11.0. The molecule has 0 saturated heterocycles. The van der Waals surface area contributed by atoms with Crippen LogP contribution in [0.15, 0.2) is 49.6 Å². The first-order valence-electron chi connectivity index (χ1n) is 10.3. The molecule has 0 fully saturated rings. The molecule has 2 unspecified atom stereocenters. The highest BCUT2D eigenvalue weighted by Gasteiger charge is 2.26. The Balaban J connectivity index is 1.20. The summed E-state index contributed by atoms with van der Waals surface area (Å²) in [6.07, 6.45) is 10.8. The minimum atomic E-state index is -1.12. The summed E-state index contributed by atoms with van der Waals surface area (Å²) in [6.45, 7) is 2.05. The molecule has 0 radical (unpaired) electrons. The smallest absolute Gasteiger partial charge is 0.390 e. The lowest BCUT2D eigenvalue weighted by Gasteiger charge is -2.28. The third-order valence-electron chi connectivity index (χ3n) is 5.31. The van der Waals surface area contributed by atoms with E-state index in [-0.39, 0.29) is 19.0 Å². The van der Waals surface area contributed by atoms with Crippen molar-refractivity contribution in [2.45, 2.75) is 18.9 Å². The molecule has 2 aromatic rings. The van der Waals surface area contributed by atoms with Gasteiger partial charge in [0.15, 0.2) is 6.23 Å². The van der Waals surface area contributed by atoms with E-state index in [1.807, 2.05) is 38.2 Å². The minimum absolute atomic E-state index is 0.0574. The zero-order valence-corrected chi connectivity index (χ0v) is 18.0. The molecule has 16 nitrogen and oxygen atoms in total. The van der Waals surface area contributed by atoms with Gasteiger partial charge in [0.05, 0.1) is 33.1 Å². The van der Waals surface area contributed by atoms with E-state index in [1.165, 1.54) is 29.4 Å². The molecule has 4 heterocycles. The van der Waals surface area contributed by atoms with E-state index >= 15 is 0 Å². The Bertz CT molecular complexity index is 1080. The quantitative estimate of drug-likeness (QED) is 0.314. The number of hydrogen-bond acceptors (Lipinski definition) is 12. The number of nitro groups is 2. The summed E-state index contributed by atoms with van der Waals surface area (Å²) in [4.78, 5) is 35.8. The van der Waals surface area contributed by atoms with Gasteiger partial charge in [-0.1, -0.05) is 9.97 Å². The first kappa shape index (κ1) is 23.0. The van der Waals surface area contributed by atoms with Gasteiger partial charge in [0.25, 0.3) is 0 Å². The minimum Gasteiger partial charge on any atom is -0.390 e. The number of rotatable bonds is 11. The van der Waals surface area contributed by atoms with E-state index in [4.69, 9.17) is 0 Å². The van der Waals surface area contributed by atoms with Crippen molar-refractivity contribution in [1.82, 2.24) is 38.7 Å². The van der Waals surface area contributed by atoms with Gasteiger partial charge in [0.2, 0.25) is 0 Å². The molecule has 0 bridgehead atoms. The topological polar surface area (TPSA) is 175 Å². The standard InChI is InChI=1S/C18H24N10O6/c29-15(10-25-3-1-19-17(25)27(31)32)9-21-5-7-23(12-21)14-24-8-6-22(13-24)11-16(30)26-4-2-20-18(26)28(33)34/h1-8,15-16,29-30H,9-14H2. The van der Waals surface area contributed by atoms with Crippen LogP contribution in [-0.2, 0) is 6.54 Å². The zero-order valence-electron chi connectivity index (χ0n) is 18.0. The van der Waals surface area contributed by atoms with Crippen LogP contribution >= 0.6 is 0 Å². The first-order chi connectivity index (χ1) is 16.3. The highest BCUT2D eigenvalue weighted by Crippen LogP contribution is 2.18. The van der Waals surface area contributed by atoms with E-state index in [0.717, 1.165) is 4.57 Å². The Kier molecular flexibility index (Phi) is 6.60. The summed E-state index contributed by atoms with van der Waals surface area (Å²) < 4.78 is 2.42. The molecule has 0 aromatic carbocycles. The Morgan fingerprint density at radius 1 is 0.824 bits per heavy atom. The summed E-state index contributed by atoms with van der Waals surface area (Å²) in [5.41, 5.74) is 0. The van der Waals surface area contributed by atoms with Crippen LogP contribution < -0.4 is 0 Å². The van der Waals surface area contributed by atoms with Crippen LogP contribution in [0.25, 0.3) is 0 Å². The molecule has 2 aliphatic heterocycles. The summed E-state index contributed by atoms with van der Waals surface area (Å²) in [7, 11) is 0. The largest absolute Gasteiger partial charge is 0.436 e. The molecule has 2 aliphatic rings. The summed E-state index contributed by atoms with van der Waals surface area (Å²) in [6, 6.07) is 0. The van der Waals surface area contributed by atoms with Gasteiger partial charge < -0.3 is 50.0 Å². The van der Waals surface area contributed by atoms with Crippen LogP contribution in [0.3, 0.4) is 0 Å². The Morgan fingerprint density at radius 3 is 2.03 bits per heavy atom. The molecule has 2 atom stereocenters. The molecule has 182 valence electrons. The molecule has 2 N–H and O–H groups in total. The summed E-state index contributed by atoms with van der Waals surface area (Å²) >= 11 is 0. The van der Waals surface area contributed by atoms with Crippen LogP contribution in [-0.4, -0.2) is 98.0 Å². The van der Waals surface area contributed by atoms with Crippen molar-refractivity contribution in [3.05, 3.63) is 69.8 Å². The fraction of sp³-hybridized carbons (Fsp3) is 0.444. The second-order valence-electron chi connectivity index (χ2n) is 7.90. The van der Waals surface area contributed by atoms with Gasteiger partial charge >= 0.3 is 11.9 Å². The number of hydrogen-bond donors (Lipinski definition) is 2. The van der Waals surface area contributed by atoms with Gasteiger partial charge in [0.1, 0.15) is 30.9 Å². The van der Waals surface area contributed by atoms with Crippen LogP contribution in [0.5, 0.6) is 0 Å². The van der Waals surface area contributed by atoms with Crippen molar-refractivity contribution in [1.29, 1.82) is 0 Å². The fourth-order valence-electron chi connectivity index (χ4n) is 3.83. The molecule has 4 rings (SSSR count). The van der Waals surface area contributed by atoms with Gasteiger partial charge in [-0.3, -0.25) is 0 Å². The number of aliphatic hydroxyl groups is 2. The summed E-state index contributed by atoms with van der Waals surface area (Å²) in [5.74, 6) is -0.726. The fourth-order valence-corrected chi connectivity index (χ4v) is 3.83. The normalized spacial score (nSPS) is 17.1. The number of nitrogens with zero attached hydrogens (tertiary/aromatic N) is 10. The predicted octanol–water partition coefficient (Wildman–Crippen LogP) is -0.502. The highest BCUT2D eigenvalue weighted by molar-refractivity contribution is 5.08. The van der Waals surface area contributed by atoms with Crippen molar-refractivity contribution >= 4 is 11.9 Å². The average molecular weight is 476 g/mol. The van der Waals surface area contributed by atoms with Crippen molar-refractivity contribution in [3.63, 3.8) is 0 Å². The zero-order chi connectivity index (χ0) is 24.2. The molecular weight excluding hydrogens is 452 g/mol. The number of imidazole rings is 2. The average Bonchev–Trinajstić information content (AvgIpc) is 3.55. The van der Waals surface area contributed by atoms with E-state index in [2.05, 4.69) is 9.97 Å². The molecule has 2 aromatic heterocycles. The van der Waals surface area contributed by atoms with Crippen LogP contribution in [0, 0.1) is 20.2 Å². The van der Waals surface area contributed by atoms with E-state index in [1.54, 1.807) is 6.20 Å². The Hall–Kier alpha value is -4.18. The summed E-state index contributed by atoms with van der Waals surface area (Å²) in [5, 5.41) is 42.7. The third-order valence-corrected chi connectivity index (χ3v) is 5.31. The van der Waals surface area contributed by atoms with Gasteiger partial charge in [-0.2, -0.15) is 0 Å². The monoisotopic (exact) mass is 476 g/mol. The molecule has 16 heteroatoms.